The molecule has 1 rings (SSSR count). The Labute approximate surface area is 99.1 Å². The summed E-state index contributed by atoms with van der Waals surface area (Å²) in [7, 11) is 0. The van der Waals surface area contributed by atoms with Crippen molar-refractivity contribution in [1.29, 1.82) is 0 Å². The average Bonchev–Trinajstić information content (AvgIpc) is 2.92. The van der Waals surface area contributed by atoms with E-state index >= 15 is 0 Å². The Balaban J connectivity index is 2.23. The van der Waals surface area contributed by atoms with Crippen molar-refractivity contribution in [3.8, 4) is 0 Å². The predicted molar refractivity (Wildman–Crippen MR) is 65.3 cm³/mol. The maximum absolute atomic E-state index is 11.6. The molecule has 3 heteroatoms. The summed E-state index contributed by atoms with van der Waals surface area (Å²) in [6.45, 7) is 9.88. The van der Waals surface area contributed by atoms with Gasteiger partial charge < -0.3 is 4.74 Å². The molecule has 16 heavy (non-hydrogen) atoms. The van der Waals surface area contributed by atoms with Gasteiger partial charge in [0.05, 0.1) is 6.42 Å². The minimum Gasteiger partial charge on any atom is -0.460 e. The Morgan fingerprint density at radius 1 is 1.31 bits per heavy atom. The van der Waals surface area contributed by atoms with E-state index in [4.69, 9.17) is 4.74 Å². The van der Waals surface area contributed by atoms with Crippen LogP contribution in [0.25, 0.3) is 0 Å². The molecule has 0 aliphatic heterocycles. The van der Waals surface area contributed by atoms with Gasteiger partial charge in [0.25, 0.3) is 0 Å². The zero-order valence-corrected chi connectivity index (χ0v) is 11.1. The standard InChI is InChI=1S/C13H25NO2/c1-5-9-14(11-6-7-11)10-8-12(15)16-13(2,3)4/h11H,5-10H2,1-4H3. The fraction of sp³-hybridized carbons (Fsp3) is 0.923. The Morgan fingerprint density at radius 3 is 2.38 bits per heavy atom. The summed E-state index contributed by atoms with van der Waals surface area (Å²) in [6, 6.07) is 0.738. The molecule has 1 aliphatic carbocycles. The van der Waals surface area contributed by atoms with Crippen molar-refractivity contribution in [1.82, 2.24) is 4.90 Å². The largest absolute Gasteiger partial charge is 0.460 e. The number of esters is 1. The van der Waals surface area contributed by atoms with Gasteiger partial charge in [0, 0.05) is 12.6 Å². The highest BCUT2D eigenvalue weighted by atomic mass is 16.6. The molecule has 0 N–H and O–H groups in total. The number of hydrogen-bond donors (Lipinski definition) is 0. The molecule has 0 aromatic carbocycles. The van der Waals surface area contributed by atoms with E-state index in [9.17, 15) is 4.79 Å². The second-order valence-corrected chi connectivity index (χ2v) is 5.60. The van der Waals surface area contributed by atoms with Crippen LogP contribution in [0.3, 0.4) is 0 Å². The number of carbonyl (C=O) groups excluding carboxylic acids is 1. The molecule has 1 aliphatic rings. The van der Waals surface area contributed by atoms with Gasteiger partial charge in [-0.05, 0) is 46.6 Å². The van der Waals surface area contributed by atoms with Crippen molar-refractivity contribution >= 4 is 5.97 Å². The lowest BCUT2D eigenvalue weighted by Gasteiger charge is -2.23. The summed E-state index contributed by atoms with van der Waals surface area (Å²) in [4.78, 5) is 14.0. The van der Waals surface area contributed by atoms with Gasteiger partial charge in [0.15, 0.2) is 0 Å². The molecule has 0 unspecified atom stereocenters. The maximum atomic E-state index is 11.6. The van der Waals surface area contributed by atoms with E-state index in [0.29, 0.717) is 6.42 Å². The molecule has 1 fully saturated rings. The monoisotopic (exact) mass is 227 g/mol. The topological polar surface area (TPSA) is 29.5 Å². The fourth-order valence-corrected chi connectivity index (χ4v) is 1.83. The highest BCUT2D eigenvalue weighted by Gasteiger charge is 2.28. The molecule has 0 atom stereocenters. The molecule has 0 aromatic rings. The molecule has 0 bridgehead atoms. The number of ether oxygens (including phenoxy) is 1. The van der Waals surface area contributed by atoms with Crippen molar-refractivity contribution in [3.63, 3.8) is 0 Å². The van der Waals surface area contributed by atoms with Crippen molar-refractivity contribution in [2.45, 2.75) is 65.0 Å². The van der Waals surface area contributed by atoms with E-state index in [1.54, 1.807) is 0 Å². The molecule has 0 heterocycles. The number of hydrogen-bond acceptors (Lipinski definition) is 3. The van der Waals surface area contributed by atoms with Crippen LogP contribution in [0.5, 0.6) is 0 Å². The minimum atomic E-state index is -0.355. The first-order valence-electron chi connectivity index (χ1n) is 6.38. The third kappa shape index (κ3) is 5.50. The van der Waals surface area contributed by atoms with Crippen LogP contribution in [0.1, 0.15) is 53.4 Å². The maximum Gasteiger partial charge on any atom is 0.307 e. The zero-order valence-electron chi connectivity index (χ0n) is 11.1. The lowest BCUT2D eigenvalue weighted by molar-refractivity contribution is -0.155. The first-order chi connectivity index (χ1) is 7.42. The fourth-order valence-electron chi connectivity index (χ4n) is 1.83. The first-order valence-corrected chi connectivity index (χ1v) is 6.38. The normalized spacial score (nSPS) is 16.6. The summed E-state index contributed by atoms with van der Waals surface area (Å²) >= 11 is 0. The van der Waals surface area contributed by atoms with Crippen molar-refractivity contribution in [2.24, 2.45) is 0 Å². The molecular weight excluding hydrogens is 202 g/mol. The lowest BCUT2D eigenvalue weighted by atomic mass is 10.2. The van der Waals surface area contributed by atoms with E-state index in [2.05, 4.69) is 11.8 Å². The van der Waals surface area contributed by atoms with Gasteiger partial charge in [0.1, 0.15) is 5.60 Å². The first kappa shape index (κ1) is 13.5. The van der Waals surface area contributed by atoms with Gasteiger partial charge in [0.2, 0.25) is 0 Å². The number of rotatable bonds is 6. The highest BCUT2D eigenvalue weighted by Crippen LogP contribution is 2.27. The Bertz CT molecular complexity index is 229. The third-order valence-corrected chi connectivity index (χ3v) is 2.60. The molecule has 0 radical (unpaired) electrons. The Hall–Kier alpha value is -0.570. The zero-order chi connectivity index (χ0) is 12.2. The molecule has 0 aromatic heterocycles. The second-order valence-electron chi connectivity index (χ2n) is 5.60. The Morgan fingerprint density at radius 2 is 1.94 bits per heavy atom. The van der Waals surface area contributed by atoms with Gasteiger partial charge in [-0.15, -0.1) is 0 Å². The smallest absolute Gasteiger partial charge is 0.307 e. The molecule has 0 spiro atoms. The van der Waals surface area contributed by atoms with Crippen LogP contribution < -0.4 is 0 Å². The quantitative estimate of drug-likeness (QED) is 0.653. The van der Waals surface area contributed by atoms with Crippen LogP contribution in [-0.4, -0.2) is 35.6 Å². The summed E-state index contributed by atoms with van der Waals surface area (Å²) in [5, 5.41) is 0. The molecule has 0 saturated heterocycles. The number of nitrogens with zero attached hydrogens (tertiary/aromatic N) is 1. The van der Waals surface area contributed by atoms with Crippen LogP contribution in [0.4, 0.5) is 0 Å². The molecule has 94 valence electrons. The second kappa shape index (κ2) is 5.67. The predicted octanol–water partition coefficient (Wildman–Crippen LogP) is 2.59. The number of carbonyl (C=O) groups is 1. The van der Waals surface area contributed by atoms with Gasteiger partial charge in [-0.25, -0.2) is 0 Å². The summed E-state index contributed by atoms with van der Waals surface area (Å²) in [5.74, 6) is -0.0748. The van der Waals surface area contributed by atoms with Gasteiger partial charge >= 0.3 is 5.97 Å². The van der Waals surface area contributed by atoms with Crippen LogP contribution in [-0.2, 0) is 9.53 Å². The van der Waals surface area contributed by atoms with Crippen LogP contribution in [0, 0.1) is 0 Å². The van der Waals surface area contributed by atoms with E-state index in [1.165, 1.54) is 12.8 Å². The van der Waals surface area contributed by atoms with Crippen molar-refractivity contribution in [3.05, 3.63) is 0 Å². The highest BCUT2D eigenvalue weighted by molar-refractivity contribution is 5.70. The SMILES string of the molecule is CCCN(CCC(=O)OC(C)(C)C)C1CC1. The molecule has 1 saturated carbocycles. The average molecular weight is 227 g/mol. The van der Waals surface area contributed by atoms with Crippen LogP contribution in [0.2, 0.25) is 0 Å². The summed E-state index contributed by atoms with van der Waals surface area (Å²) < 4.78 is 5.30. The minimum absolute atomic E-state index is 0.0748. The van der Waals surface area contributed by atoms with E-state index in [-0.39, 0.29) is 11.6 Å². The third-order valence-electron chi connectivity index (χ3n) is 2.60. The lowest BCUT2D eigenvalue weighted by Crippen LogP contribution is -2.31. The summed E-state index contributed by atoms with van der Waals surface area (Å²) in [5.41, 5.74) is -0.355. The molecule has 3 nitrogen and oxygen atoms in total. The van der Waals surface area contributed by atoms with Crippen molar-refractivity contribution < 1.29 is 9.53 Å². The van der Waals surface area contributed by atoms with Gasteiger partial charge in [-0.1, -0.05) is 6.92 Å². The van der Waals surface area contributed by atoms with Crippen molar-refractivity contribution in [2.75, 3.05) is 13.1 Å². The van der Waals surface area contributed by atoms with Crippen LogP contribution >= 0.6 is 0 Å². The van der Waals surface area contributed by atoms with Gasteiger partial charge in [-0.3, -0.25) is 9.69 Å². The van der Waals surface area contributed by atoms with Gasteiger partial charge in [-0.2, -0.15) is 0 Å². The van der Waals surface area contributed by atoms with E-state index in [1.807, 2.05) is 20.8 Å². The molecular formula is C13H25NO2. The van der Waals surface area contributed by atoms with E-state index in [0.717, 1.165) is 25.6 Å². The Kier molecular flexibility index (Phi) is 4.78. The van der Waals surface area contributed by atoms with Crippen LogP contribution in [0.15, 0.2) is 0 Å². The van der Waals surface area contributed by atoms with E-state index < -0.39 is 0 Å². The molecule has 0 amide bonds. The summed E-state index contributed by atoms with van der Waals surface area (Å²) in [6.07, 6.45) is 4.28.